The molecular weight excluding hydrogens is 315 g/mol. The van der Waals surface area contributed by atoms with Crippen LogP contribution in [0.15, 0.2) is 16.6 Å². The minimum atomic E-state index is -0.555. The van der Waals surface area contributed by atoms with E-state index in [9.17, 15) is 9.18 Å². The molecule has 0 radical (unpaired) electrons. The molecule has 1 rings (SSSR count). The van der Waals surface area contributed by atoms with Crippen LogP contribution in [0.3, 0.4) is 0 Å². The van der Waals surface area contributed by atoms with Crippen LogP contribution in [0.25, 0.3) is 0 Å². The molecule has 0 saturated heterocycles. The number of hydrogen-bond donors (Lipinski definition) is 3. The number of anilines is 1. The number of amides is 1. The van der Waals surface area contributed by atoms with E-state index in [0.717, 1.165) is 12.8 Å². The fourth-order valence-electron chi connectivity index (χ4n) is 1.58. The molecular formula is C13H18BrFN2O2. The molecule has 1 atom stereocenters. The molecule has 0 fully saturated rings. The number of aliphatic hydroxyl groups is 1. The molecule has 1 aromatic rings. The zero-order valence-corrected chi connectivity index (χ0v) is 12.3. The Balaban J connectivity index is 2.52. The van der Waals surface area contributed by atoms with E-state index in [0.29, 0.717) is 16.6 Å². The summed E-state index contributed by atoms with van der Waals surface area (Å²) in [6.07, 6.45) is 1.62. The van der Waals surface area contributed by atoms with Gasteiger partial charge < -0.3 is 16.2 Å². The second kappa shape index (κ2) is 7.45. The van der Waals surface area contributed by atoms with Gasteiger partial charge in [0.15, 0.2) is 0 Å². The van der Waals surface area contributed by atoms with Crippen LogP contribution in [0.5, 0.6) is 0 Å². The quantitative estimate of drug-likeness (QED) is 0.552. The van der Waals surface area contributed by atoms with Crippen molar-refractivity contribution in [3.05, 3.63) is 28.0 Å². The first-order valence-corrected chi connectivity index (χ1v) is 6.88. The summed E-state index contributed by atoms with van der Waals surface area (Å²) < 4.78 is 13.5. The van der Waals surface area contributed by atoms with Gasteiger partial charge in [-0.3, -0.25) is 4.79 Å². The highest BCUT2D eigenvalue weighted by Crippen LogP contribution is 2.22. The summed E-state index contributed by atoms with van der Waals surface area (Å²) in [6, 6.07) is 2.49. The van der Waals surface area contributed by atoms with Gasteiger partial charge in [0, 0.05) is 17.6 Å². The number of halogens is 2. The zero-order chi connectivity index (χ0) is 14.4. The summed E-state index contributed by atoms with van der Waals surface area (Å²) in [5, 5.41) is 11.6. The fourth-order valence-corrected chi connectivity index (χ4v) is 2.07. The topological polar surface area (TPSA) is 75.3 Å². The molecule has 0 bridgehead atoms. The Labute approximate surface area is 120 Å². The number of rotatable bonds is 6. The normalized spacial score (nSPS) is 12.2. The number of nitrogens with two attached hydrogens (primary N) is 1. The minimum Gasteiger partial charge on any atom is -0.396 e. The molecule has 0 spiro atoms. The molecule has 0 aliphatic carbocycles. The van der Waals surface area contributed by atoms with Crippen LogP contribution in [-0.4, -0.2) is 24.2 Å². The highest BCUT2D eigenvalue weighted by molar-refractivity contribution is 9.10. The molecule has 106 valence electrons. The molecule has 1 unspecified atom stereocenters. The lowest BCUT2D eigenvalue weighted by molar-refractivity contribution is 0.0951. The average Bonchev–Trinajstić information content (AvgIpc) is 2.38. The van der Waals surface area contributed by atoms with E-state index in [1.54, 1.807) is 0 Å². The van der Waals surface area contributed by atoms with Crippen LogP contribution in [0, 0.1) is 11.7 Å². The lowest BCUT2D eigenvalue weighted by Crippen LogP contribution is -2.25. The van der Waals surface area contributed by atoms with Gasteiger partial charge in [0.05, 0.1) is 11.3 Å². The second-order valence-electron chi connectivity index (χ2n) is 4.54. The van der Waals surface area contributed by atoms with Gasteiger partial charge in [-0.2, -0.15) is 0 Å². The van der Waals surface area contributed by atoms with Crippen LogP contribution >= 0.6 is 15.9 Å². The summed E-state index contributed by atoms with van der Waals surface area (Å²) in [7, 11) is 0. The van der Waals surface area contributed by atoms with Crippen molar-refractivity contribution in [2.45, 2.75) is 19.8 Å². The Morgan fingerprint density at radius 3 is 2.89 bits per heavy atom. The van der Waals surface area contributed by atoms with Crippen LogP contribution in [0.2, 0.25) is 0 Å². The van der Waals surface area contributed by atoms with E-state index in [-0.39, 0.29) is 24.1 Å². The van der Waals surface area contributed by atoms with E-state index in [2.05, 4.69) is 21.2 Å². The molecule has 4 nitrogen and oxygen atoms in total. The van der Waals surface area contributed by atoms with Crippen molar-refractivity contribution in [1.82, 2.24) is 5.32 Å². The molecule has 0 aromatic heterocycles. The van der Waals surface area contributed by atoms with E-state index in [1.165, 1.54) is 12.1 Å². The standard InChI is InChI=1S/C13H18BrFN2O2/c1-8(7-18)3-2-4-17-13(19)9-5-12(16)11(15)6-10(9)14/h5-6,8,18H,2-4,7,16H2,1H3,(H,17,19). The summed E-state index contributed by atoms with van der Waals surface area (Å²) in [5.41, 5.74) is 5.70. The highest BCUT2D eigenvalue weighted by atomic mass is 79.9. The maximum Gasteiger partial charge on any atom is 0.252 e. The molecule has 0 heterocycles. The molecule has 19 heavy (non-hydrogen) atoms. The van der Waals surface area contributed by atoms with Crippen molar-refractivity contribution < 1.29 is 14.3 Å². The minimum absolute atomic E-state index is 0.0535. The van der Waals surface area contributed by atoms with E-state index in [4.69, 9.17) is 10.8 Å². The van der Waals surface area contributed by atoms with Crippen LogP contribution in [0.1, 0.15) is 30.1 Å². The van der Waals surface area contributed by atoms with Gasteiger partial charge in [-0.1, -0.05) is 6.92 Å². The molecule has 0 aliphatic heterocycles. The number of nitrogen functional groups attached to an aromatic ring is 1. The maximum atomic E-state index is 13.1. The number of benzene rings is 1. The molecule has 0 aliphatic rings. The largest absolute Gasteiger partial charge is 0.396 e. The average molecular weight is 333 g/mol. The predicted molar refractivity (Wildman–Crippen MR) is 76.3 cm³/mol. The number of nitrogens with one attached hydrogen (secondary N) is 1. The summed E-state index contributed by atoms with van der Waals surface area (Å²) in [6.45, 7) is 2.60. The number of hydrogen-bond acceptors (Lipinski definition) is 3. The SMILES string of the molecule is CC(CO)CCCNC(=O)c1cc(N)c(F)cc1Br. The molecule has 6 heteroatoms. The highest BCUT2D eigenvalue weighted by Gasteiger charge is 2.13. The molecule has 1 aromatic carbocycles. The van der Waals surface area contributed by atoms with E-state index < -0.39 is 5.82 Å². The van der Waals surface area contributed by atoms with Gasteiger partial charge >= 0.3 is 0 Å². The van der Waals surface area contributed by atoms with E-state index in [1.807, 2.05) is 6.92 Å². The van der Waals surface area contributed by atoms with Gasteiger partial charge in [-0.05, 0) is 46.8 Å². The number of carbonyl (C=O) groups is 1. The van der Waals surface area contributed by atoms with Crippen LogP contribution in [0.4, 0.5) is 10.1 Å². The Morgan fingerprint density at radius 1 is 1.58 bits per heavy atom. The van der Waals surface area contributed by atoms with Crippen LogP contribution in [-0.2, 0) is 0 Å². The first-order valence-electron chi connectivity index (χ1n) is 6.09. The van der Waals surface area contributed by atoms with Crippen molar-refractivity contribution in [2.75, 3.05) is 18.9 Å². The van der Waals surface area contributed by atoms with Gasteiger partial charge in [0.1, 0.15) is 5.82 Å². The van der Waals surface area contributed by atoms with Crippen LogP contribution < -0.4 is 11.1 Å². The Hall–Kier alpha value is -1.14. The summed E-state index contributed by atoms with van der Waals surface area (Å²) in [5.74, 6) is -0.625. The number of carbonyl (C=O) groups excluding carboxylic acids is 1. The fraction of sp³-hybridized carbons (Fsp3) is 0.462. The zero-order valence-electron chi connectivity index (χ0n) is 10.7. The lowest BCUT2D eigenvalue weighted by Gasteiger charge is -2.10. The first kappa shape index (κ1) is 15.9. The van der Waals surface area contributed by atoms with Gasteiger partial charge in [0.2, 0.25) is 0 Å². The molecule has 0 saturated carbocycles. The van der Waals surface area contributed by atoms with Gasteiger partial charge in [-0.25, -0.2) is 4.39 Å². The Morgan fingerprint density at radius 2 is 2.26 bits per heavy atom. The summed E-state index contributed by atoms with van der Waals surface area (Å²) >= 11 is 3.14. The van der Waals surface area contributed by atoms with Gasteiger partial charge in [0.25, 0.3) is 5.91 Å². The van der Waals surface area contributed by atoms with Crippen molar-refractivity contribution in [3.63, 3.8) is 0 Å². The second-order valence-corrected chi connectivity index (χ2v) is 5.39. The Kier molecular flexibility index (Phi) is 6.24. The number of aliphatic hydroxyl groups excluding tert-OH is 1. The van der Waals surface area contributed by atoms with Crippen molar-refractivity contribution in [3.8, 4) is 0 Å². The molecule has 4 N–H and O–H groups in total. The molecule has 1 amide bonds. The van der Waals surface area contributed by atoms with Crippen molar-refractivity contribution in [2.24, 2.45) is 5.92 Å². The third-order valence-electron chi connectivity index (χ3n) is 2.80. The maximum absolute atomic E-state index is 13.1. The smallest absolute Gasteiger partial charge is 0.252 e. The van der Waals surface area contributed by atoms with Crippen molar-refractivity contribution >= 4 is 27.5 Å². The third-order valence-corrected chi connectivity index (χ3v) is 3.46. The first-order chi connectivity index (χ1) is 8.95. The van der Waals surface area contributed by atoms with Crippen molar-refractivity contribution in [1.29, 1.82) is 0 Å². The summed E-state index contributed by atoms with van der Waals surface area (Å²) in [4.78, 5) is 11.9. The third kappa shape index (κ3) is 4.80. The monoisotopic (exact) mass is 332 g/mol. The lowest BCUT2D eigenvalue weighted by atomic mass is 10.1. The van der Waals surface area contributed by atoms with E-state index >= 15 is 0 Å². The Bertz CT molecular complexity index is 455. The van der Waals surface area contributed by atoms with Gasteiger partial charge in [-0.15, -0.1) is 0 Å². The predicted octanol–water partition coefficient (Wildman–Crippen LogP) is 2.31.